The fourth-order valence-electron chi connectivity index (χ4n) is 2.09. The molecule has 0 bridgehead atoms. The molecule has 134 valence electrons. The Morgan fingerprint density at radius 2 is 1.72 bits per heavy atom. The van der Waals surface area contributed by atoms with Crippen molar-refractivity contribution in [2.75, 3.05) is 18.4 Å². The molecule has 25 heavy (non-hydrogen) atoms. The van der Waals surface area contributed by atoms with Crippen LogP contribution in [0.3, 0.4) is 0 Å². The first kappa shape index (κ1) is 19.4. The second kappa shape index (κ2) is 8.45. The maximum Gasteiger partial charge on any atom is 0.417 e. The first-order valence-electron chi connectivity index (χ1n) is 7.37. The first-order valence-corrected chi connectivity index (χ1v) is 8.13. The Morgan fingerprint density at radius 1 is 1.04 bits per heavy atom. The van der Waals surface area contributed by atoms with Gasteiger partial charge in [0, 0.05) is 17.3 Å². The zero-order valence-corrected chi connectivity index (χ0v) is 14.5. The van der Waals surface area contributed by atoms with Crippen molar-refractivity contribution in [3.05, 3.63) is 63.6 Å². The van der Waals surface area contributed by atoms with Crippen LogP contribution in [0.1, 0.15) is 11.1 Å². The molecule has 0 unspecified atom stereocenters. The van der Waals surface area contributed by atoms with E-state index in [4.69, 9.17) is 23.2 Å². The van der Waals surface area contributed by atoms with E-state index in [1.165, 1.54) is 6.07 Å². The standard InChI is InChI=1S/C17H15Cl2F3N2O/c18-12-3-1-11(2-4-12)7-8-23-16(25)10-24-13-5-6-15(19)14(9-13)17(20,21)22/h1-6,9,24H,7-8,10H2,(H,23,25). The Morgan fingerprint density at radius 3 is 2.36 bits per heavy atom. The van der Waals surface area contributed by atoms with Crippen LogP contribution in [0, 0.1) is 0 Å². The minimum atomic E-state index is -4.55. The normalized spacial score (nSPS) is 11.2. The molecule has 0 radical (unpaired) electrons. The number of hydrogen-bond acceptors (Lipinski definition) is 2. The summed E-state index contributed by atoms with van der Waals surface area (Å²) in [7, 11) is 0. The highest BCUT2D eigenvalue weighted by molar-refractivity contribution is 6.31. The summed E-state index contributed by atoms with van der Waals surface area (Å²) >= 11 is 11.3. The summed E-state index contributed by atoms with van der Waals surface area (Å²) in [5, 5.41) is 5.60. The smallest absolute Gasteiger partial charge is 0.376 e. The first-order chi connectivity index (χ1) is 11.8. The van der Waals surface area contributed by atoms with E-state index in [9.17, 15) is 18.0 Å². The van der Waals surface area contributed by atoms with E-state index in [1.54, 1.807) is 12.1 Å². The molecule has 0 atom stereocenters. The van der Waals surface area contributed by atoms with Crippen molar-refractivity contribution in [1.82, 2.24) is 5.32 Å². The average Bonchev–Trinajstić information content (AvgIpc) is 2.55. The van der Waals surface area contributed by atoms with Crippen molar-refractivity contribution < 1.29 is 18.0 Å². The molecular formula is C17H15Cl2F3N2O. The third kappa shape index (κ3) is 6.14. The van der Waals surface area contributed by atoms with Crippen LogP contribution in [0.5, 0.6) is 0 Å². The molecule has 2 rings (SSSR count). The molecule has 0 aromatic heterocycles. The lowest BCUT2D eigenvalue weighted by Crippen LogP contribution is -2.31. The molecule has 2 aromatic carbocycles. The molecule has 1 amide bonds. The van der Waals surface area contributed by atoms with Crippen LogP contribution in [-0.2, 0) is 17.4 Å². The molecule has 0 saturated heterocycles. The Labute approximate surface area is 153 Å². The highest BCUT2D eigenvalue weighted by atomic mass is 35.5. The lowest BCUT2D eigenvalue weighted by Gasteiger charge is -2.12. The van der Waals surface area contributed by atoms with E-state index >= 15 is 0 Å². The maximum absolute atomic E-state index is 12.8. The number of alkyl halides is 3. The van der Waals surface area contributed by atoms with Crippen LogP contribution in [-0.4, -0.2) is 19.0 Å². The van der Waals surface area contributed by atoms with Crippen molar-refractivity contribution in [2.24, 2.45) is 0 Å². The summed E-state index contributed by atoms with van der Waals surface area (Å²) in [6.07, 6.45) is -3.92. The predicted octanol–water partition coefficient (Wildman–Crippen LogP) is 4.78. The van der Waals surface area contributed by atoms with Gasteiger partial charge >= 0.3 is 6.18 Å². The van der Waals surface area contributed by atoms with E-state index in [2.05, 4.69) is 10.6 Å². The Hall–Kier alpha value is -1.92. The number of amides is 1. The second-order valence-corrected chi connectivity index (χ2v) is 6.12. The second-order valence-electron chi connectivity index (χ2n) is 5.27. The molecule has 2 aromatic rings. The summed E-state index contributed by atoms with van der Waals surface area (Å²) < 4.78 is 38.3. The van der Waals surface area contributed by atoms with E-state index in [1.807, 2.05) is 12.1 Å². The molecule has 0 aliphatic heterocycles. The van der Waals surface area contributed by atoms with Gasteiger partial charge in [0.15, 0.2) is 0 Å². The fraction of sp³-hybridized carbons (Fsp3) is 0.235. The van der Waals surface area contributed by atoms with Crippen LogP contribution in [0.15, 0.2) is 42.5 Å². The van der Waals surface area contributed by atoms with Gasteiger partial charge in [0.2, 0.25) is 5.91 Å². The lowest BCUT2D eigenvalue weighted by molar-refractivity contribution is -0.137. The highest BCUT2D eigenvalue weighted by Gasteiger charge is 2.33. The predicted molar refractivity (Wildman–Crippen MR) is 93.1 cm³/mol. The van der Waals surface area contributed by atoms with Crippen LogP contribution in [0.2, 0.25) is 10.0 Å². The number of hydrogen-bond donors (Lipinski definition) is 2. The molecule has 0 aliphatic carbocycles. The van der Waals surface area contributed by atoms with Gasteiger partial charge in [-0.25, -0.2) is 0 Å². The highest BCUT2D eigenvalue weighted by Crippen LogP contribution is 2.36. The largest absolute Gasteiger partial charge is 0.417 e. The van der Waals surface area contributed by atoms with Crippen molar-refractivity contribution in [3.8, 4) is 0 Å². The van der Waals surface area contributed by atoms with E-state index in [0.29, 0.717) is 18.0 Å². The van der Waals surface area contributed by atoms with E-state index in [0.717, 1.165) is 17.7 Å². The van der Waals surface area contributed by atoms with Gasteiger partial charge < -0.3 is 10.6 Å². The average molecular weight is 391 g/mol. The fourth-order valence-corrected chi connectivity index (χ4v) is 2.45. The van der Waals surface area contributed by atoms with Crippen molar-refractivity contribution >= 4 is 34.8 Å². The van der Waals surface area contributed by atoms with Gasteiger partial charge in [-0.05, 0) is 42.3 Å². The minimum absolute atomic E-state index is 0.139. The molecule has 8 heteroatoms. The summed E-state index contributed by atoms with van der Waals surface area (Å²) in [6, 6.07) is 10.7. The van der Waals surface area contributed by atoms with Crippen molar-refractivity contribution in [3.63, 3.8) is 0 Å². The number of carbonyl (C=O) groups excluding carboxylic acids is 1. The zero-order valence-electron chi connectivity index (χ0n) is 13.0. The molecule has 0 fully saturated rings. The summed E-state index contributed by atoms with van der Waals surface area (Å²) in [5.41, 5.74) is 0.247. The molecule has 0 saturated carbocycles. The summed E-state index contributed by atoms with van der Waals surface area (Å²) in [5.74, 6) is -0.322. The van der Waals surface area contributed by atoms with Crippen molar-refractivity contribution in [1.29, 1.82) is 0 Å². The maximum atomic E-state index is 12.8. The van der Waals surface area contributed by atoms with Gasteiger partial charge in [0.1, 0.15) is 0 Å². The number of rotatable bonds is 6. The molecule has 0 spiro atoms. The van der Waals surface area contributed by atoms with Gasteiger partial charge in [-0.1, -0.05) is 35.3 Å². The van der Waals surface area contributed by atoms with E-state index in [-0.39, 0.29) is 23.2 Å². The molecule has 0 heterocycles. The third-order valence-corrected chi connectivity index (χ3v) is 3.96. The topological polar surface area (TPSA) is 41.1 Å². The van der Waals surface area contributed by atoms with Crippen LogP contribution < -0.4 is 10.6 Å². The third-order valence-electron chi connectivity index (χ3n) is 3.37. The number of nitrogens with one attached hydrogen (secondary N) is 2. The van der Waals surface area contributed by atoms with E-state index < -0.39 is 11.7 Å². The van der Waals surface area contributed by atoms with Gasteiger partial charge in [-0.2, -0.15) is 13.2 Å². The number of halogens is 5. The monoisotopic (exact) mass is 390 g/mol. The summed E-state index contributed by atoms with van der Waals surface area (Å²) in [4.78, 5) is 11.8. The number of benzene rings is 2. The van der Waals surface area contributed by atoms with Gasteiger partial charge in [-0.15, -0.1) is 0 Å². The number of anilines is 1. The Bertz CT molecular complexity index is 734. The van der Waals surface area contributed by atoms with Crippen LogP contribution in [0.25, 0.3) is 0 Å². The van der Waals surface area contributed by atoms with Gasteiger partial charge in [-0.3, -0.25) is 4.79 Å². The Balaban J connectivity index is 1.81. The molecule has 3 nitrogen and oxygen atoms in total. The quantitative estimate of drug-likeness (QED) is 0.744. The lowest BCUT2D eigenvalue weighted by atomic mass is 10.1. The number of carbonyl (C=O) groups is 1. The zero-order chi connectivity index (χ0) is 18.4. The Kier molecular flexibility index (Phi) is 6.56. The molecular weight excluding hydrogens is 376 g/mol. The molecule has 0 aliphatic rings. The van der Waals surface area contributed by atoms with Crippen molar-refractivity contribution in [2.45, 2.75) is 12.6 Å². The summed E-state index contributed by atoms with van der Waals surface area (Å²) in [6.45, 7) is 0.274. The van der Waals surface area contributed by atoms with Gasteiger partial charge in [0.25, 0.3) is 0 Å². The van der Waals surface area contributed by atoms with Gasteiger partial charge in [0.05, 0.1) is 17.1 Å². The minimum Gasteiger partial charge on any atom is -0.376 e. The van der Waals surface area contributed by atoms with Crippen LogP contribution in [0.4, 0.5) is 18.9 Å². The SMILES string of the molecule is O=C(CNc1ccc(Cl)c(C(F)(F)F)c1)NCCc1ccc(Cl)cc1. The van der Waals surface area contributed by atoms with Crippen LogP contribution >= 0.6 is 23.2 Å². The molecule has 2 N–H and O–H groups in total.